The Bertz CT molecular complexity index is 1050. The summed E-state index contributed by atoms with van der Waals surface area (Å²) in [7, 11) is -4.30. The fourth-order valence-electron chi connectivity index (χ4n) is 5.01. The molecule has 166 valence electrons. The molecule has 9 nitrogen and oxygen atoms in total. The molecule has 3 aliphatic rings. The number of carbonyl (C=O) groups excluding carboxylic acids is 1. The van der Waals surface area contributed by atoms with Gasteiger partial charge in [-0.1, -0.05) is 11.2 Å². The van der Waals surface area contributed by atoms with Crippen LogP contribution in [0.1, 0.15) is 47.9 Å². The second-order valence-electron chi connectivity index (χ2n) is 8.26. The molecule has 1 N–H and O–H groups in total. The Balaban J connectivity index is 0.00000245. The molecule has 32 heavy (non-hydrogen) atoms. The maximum Gasteiger partial charge on any atom is 1.00 e. The second-order valence-corrected chi connectivity index (χ2v) is 9.73. The number of aromatic nitrogens is 1. The fourth-order valence-corrected chi connectivity index (χ4v) is 6.29. The maximum atomic E-state index is 13.2. The predicted octanol–water partition coefficient (Wildman–Crippen LogP) is 0.492. The van der Waals surface area contributed by atoms with E-state index in [1.54, 1.807) is 0 Å². The van der Waals surface area contributed by atoms with E-state index in [0.717, 1.165) is 59.6 Å². The summed E-state index contributed by atoms with van der Waals surface area (Å²) in [6.07, 6.45) is 9.41. The van der Waals surface area contributed by atoms with Crippen molar-refractivity contribution in [3.05, 3.63) is 45.5 Å². The van der Waals surface area contributed by atoms with E-state index in [1.165, 1.54) is 23.6 Å². The third-order valence-electron chi connectivity index (χ3n) is 6.35. The van der Waals surface area contributed by atoms with Crippen molar-refractivity contribution in [1.29, 1.82) is 0 Å². The van der Waals surface area contributed by atoms with Crippen molar-refractivity contribution in [3.63, 3.8) is 0 Å². The van der Waals surface area contributed by atoms with Crippen LogP contribution in [0.15, 0.2) is 23.0 Å². The number of nitrogens with zero attached hydrogens (tertiary/aromatic N) is 3. The smallest absolute Gasteiger partial charge is 0.423 e. The molecule has 2 heterocycles. The molecule has 1 saturated heterocycles. The number of urea groups is 1. The van der Waals surface area contributed by atoms with Gasteiger partial charge in [0.1, 0.15) is 12.0 Å². The molecule has 1 aromatic heterocycles. The van der Waals surface area contributed by atoms with Crippen LogP contribution in [0.3, 0.4) is 0 Å². The van der Waals surface area contributed by atoms with Gasteiger partial charge in [0.25, 0.3) is 10.2 Å². The Morgan fingerprint density at radius 1 is 1.09 bits per heavy atom. The van der Waals surface area contributed by atoms with E-state index in [-0.39, 0.29) is 41.3 Å². The standard InChI is InChI=1S/C21H26N4O5S.Na/c26-21(23-20-18-5-1-3-14(18)11-15-4-2-6-19(15)20)24-31(27,28)25(17-12-22-30-13-17)16-7-9-29-10-8-16;/h11-13,16H,1-10H2,(H2,23,24,26);/q;+1/p-1. The van der Waals surface area contributed by atoms with Crippen LogP contribution in [-0.2, 0) is 40.6 Å². The summed E-state index contributed by atoms with van der Waals surface area (Å²) in [6, 6.07) is 1.01. The fraction of sp³-hybridized carbons (Fsp3) is 0.524. The molecule has 1 aliphatic heterocycles. The quantitative estimate of drug-likeness (QED) is 0.639. The zero-order valence-corrected chi connectivity index (χ0v) is 21.0. The van der Waals surface area contributed by atoms with Gasteiger partial charge in [-0.25, -0.2) is 8.42 Å². The molecule has 11 heteroatoms. The number of fused-ring (bicyclic) bond motifs is 2. The summed E-state index contributed by atoms with van der Waals surface area (Å²) in [5, 5.41) is 6.45. The average Bonchev–Trinajstić information content (AvgIpc) is 3.50. The number of hydrogen-bond acceptors (Lipinski definition) is 6. The summed E-state index contributed by atoms with van der Waals surface area (Å²) in [4.78, 5) is 12.8. The van der Waals surface area contributed by atoms with Crippen LogP contribution in [0.25, 0.3) is 4.72 Å². The molecule has 2 aliphatic carbocycles. The number of rotatable bonds is 5. The van der Waals surface area contributed by atoms with Crippen LogP contribution < -0.4 is 39.2 Å². The van der Waals surface area contributed by atoms with Gasteiger partial charge >= 0.3 is 29.6 Å². The largest absolute Gasteiger partial charge is 1.00 e. The van der Waals surface area contributed by atoms with Crippen molar-refractivity contribution in [2.24, 2.45) is 0 Å². The van der Waals surface area contributed by atoms with E-state index in [9.17, 15) is 13.2 Å². The van der Waals surface area contributed by atoms with Crippen LogP contribution >= 0.6 is 0 Å². The van der Waals surface area contributed by atoms with E-state index >= 15 is 0 Å². The Morgan fingerprint density at radius 2 is 1.75 bits per heavy atom. The van der Waals surface area contributed by atoms with Crippen LogP contribution in [0.2, 0.25) is 0 Å². The molecular weight excluding hydrogens is 443 g/mol. The molecule has 0 radical (unpaired) electrons. The molecule has 0 saturated carbocycles. The minimum atomic E-state index is -4.30. The third kappa shape index (κ3) is 4.56. The normalized spacial score (nSPS) is 17.9. The topological polar surface area (TPSA) is 116 Å². The molecule has 0 spiro atoms. The molecule has 0 bridgehead atoms. The first-order valence-electron chi connectivity index (χ1n) is 10.7. The number of aryl methyl sites for hydroxylation is 2. The molecule has 2 amide bonds. The molecule has 1 fully saturated rings. The summed E-state index contributed by atoms with van der Waals surface area (Å²) in [5.74, 6) is 0. The van der Waals surface area contributed by atoms with Gasteiger partial charge < -0.3 is 19.3 Å². The van der Waals surface area contributed by atoms with Gasteiger partial charge in [0.2, 0.25) is 0 Å². The van der Waals surface area contributed by atoms with Crippen molar-refractivity contribution in [2.45, 2.75) is 57.4 Å². The minimum absolute atomic E-state index is 0. The van der Waals surface area contributed by atoms with Crippen LogP contribution in [0.5, 0.6) is 0 Å². The molecular formula is C21H25N4NaO5S. The molecule has 2 aromatic rings. The van der Waals surface area contributed by atoms with Crippen LogP contribution in [0.4, 0.5) is 16.2 Å². The zero-order chi connectivity index (χ0) is 21.4. The molecule has 1 aromatic carbocycles. The zero-order valence-electron chi connectivity index (χ0n) is 18.2. The first kappa shape index (κ1) is 23.6. The Kier molecular flexibility index (Phi) is 7.16. The van der Waals surface area contributed by atoms with Gasteiger partial charge in [0.05, 0.1) is 6.20 Å². The van der Waals surface area contributed by atoms with Gasteiger partial charge in [-0.3, -0.25) is 9.10 Å². The summed E-state index contributed by atoms with van der Waals surface area (Å²) in [6.45, 7) is 0.882. The SMILES string of the molecule is O=C([N-]S(=O)(=O)N(c1cnoc1)C1CCOCC1)Nc1c2c(cc3c1CCC3)CCC2.[Na+]. The summed E-state index contributed by atoms with van der Waals surface area (Å²) in [5.41, 5.74) is 5.79. The number of anilines is 2. The Labute approximate surface area is 209 Å². The van der Waals surface area contributed by atoms with E-state index in [2.05, 4.69) is 21.3 Å². The Morgan fingerprint density at radius 3 is 2.34 bits per heavy atom. The van der Waals surface area contributed by atoms with Gasteiger partial charge in [-0.2, -0.15) is 0 Å². The van der Waals surface area contributed by atoms with E-state index in [4.69, 9.17) is 9.26 Å². The number of carbonyl (C=O) groups is 1. The monoisotopic (exact) mass is 468 g/mol. The van der Waals surface area contributed by atoms with Crippen molar-refractivity contribution in [3.8, 4) is 0 Å². The van der Waals surface area contributed by atoms with Crippen LogP contribution in [0, 0.1) is 0 Å². The van der Waals surface area contributed by atoms with Gasteiger partial charge in [-0.15, -0.1) is 0 Å². The molecule has 5 rings (SSSR count). The van der Waals surface area contributed by atoms with Gasteiger partial charge in [-0.05, 0) is 79.3 Å². The summed E-state index contributed by atoms with van der Waals surface area (Å²) >= 11 is 0. The van der Waals surface area contributed by atoms with Gasteiger partial charge in [0.15, 0.2) is 6.03 Å². The van der Waals surface area contributed by atoms with E-state index in [1.807, 2.05) is 0 Å². The number of ether oxygens (including phenoxy) is 1. The van der Waals surface area contributed by atoms with E-state index < -0.39 is 16.2 Å². The average molecular weight is 469 g/mol. The van der Waals surface area contributed by atoms with Gasteiger partial charge in [0, 0.05) is 19.3 Å². The molecule has 0 atom stereocenters. The molecule has 0 unspecified atom stereocenters. The van der Waals surface area contributed by atoms with Crippen molar-refractivity contribution in [1.82, 2.24) is 5.16 Å². The number of amides is 2. The maximum absolute atomic E-state index is 13.2. The predicted molar refractivity (Wildman–Crippen MR) is 115 cm³/mol. The van der Waals surface area contributed by atoms with Crippen molar-refractivity contribution in [2.75, 3.05) is 22.8 Å². The van der Waals surface area contributed by atoms with Crippen molar-refractivity contribution < 1.29 is 52.0 Å². The van der Waals surface area contributed by atoms with Crippen molar-refractivity contribution >= 4 is 27.6 Å². The minimum Gasteiger partial charge on any atom is -0.423 e. The first-order chi connectivity index (χ1) is 15.0. The first-order valence-corrected chi connectivity index (χ1v) is 12.1. The Hall–Kier alpha value is -1.59. The number of benzene rings is 1. The number of nitrogens with one attached hydrogen (secondary N) is 1. The van der Waals surface area contributed by atoms with E-state index in [0.29, 0.717) is 26.1 Å². The third-order valence-corrected chi connectivity index (χ3v) is 7.75. The summed E-state index contributed by atoms with van der Waals surface area (Å²) < 4.78 is 41.3. The number of hydrogen-bond donors (Lipinski definition) is 1. The second kappa shape index (κ2) is 9.72. The van der Waals surface area contributed by atoms with Crippen LogP contribution in [-0.4, -0.2) is 38.9 Å².